The van der Waals surface area contributed by atoms with Crippen LogP contribution in [0.4, 0.5) is 5.13 Å². The van der Waals surface area contributed by atoms with Crippen LogP contribution >= 0.6 is 11.3 Å². The molecule has 2 saturated carbocycles. The van der Waals surface area contributed by atoms with E-state index < -0.39 is 5.91 Å². The molecule has 0 atom stereocenters. The molecule has 2 N–H and O–H groups in total. The van der Waals surface area contributed by atoms with Crippen LogP contribution in [0.15, 0.2) is 17.1 Å². The van der Waals surface area contributed by atoms with E-state index in [9.17, 15) is 14.7 Å². The number of aliphatic hydroxyl groups is 1. The average molecular weight is 374 g/mol. The SMILES string of the molecule is Cc1ccn(C2CCC(O)CC2)c(=O)c1C(=O)Nc1nnc(C2CC2)s1. The summed E-state index contributed by atoms with van der Waals surface area (Å²) in [6.07, 6.45) is 6.57. The zero-order chi connectivity index (χ0) is 18.3. The van der Waals surface area contributed by atoms with Gasteiger partial charge < -0.3 is 9.67 Å². The molecule has 1 amide bonds. The van der Waals surface area contributed by atoms with Crippen molar-refractivity contribution in [2.75, 3.05) is 5.32 Å². The summed E-state index contributed by atoms with van der Waals surface area (Å²) in [5, 5.41) is 21.9. The highest BCUT2D eigenvalue weighted by molar-refractivity contribution is 7.15. The smallest absolute Gasteiger partial charge is 0.263 e. The Morgan fingerprint density at radius 2 is 1.96 bits per heavy atom. The van der Waals surface area contributed by atoms with Gasteiger partial charge in [-0.2, -0.15) is 0 Å². The van der Waals surface area contributed by atoms with Gasteiger partial charge in [0.1, 0.15) is 10.6 Å². The highest BCUT2D eigenvalue weighted by Gasteiger charge is 2.28. The van der Waals surface area contributed by atoms with Gasteiger partial charge in [-0.05, 0) is 57.1 Å². The lowest BCUT2D eigenvalue weighted by Gasteiger charge is -2.27. The Bertz CT molecular complexity index is 879. The number of pyridine rings is 1. The maximum absolute atomic E-state index is 12.9. The number of aryl methyl sites for hydroxylation is 1. The summed E-state index contributed by atoms with van der Waals surface area (Å²) in [5.41, 5.74) is 0.518. The van der Waals surface area contributed by atoms with E-state index in [0.717, 1.165) is 30.7 Å². The normalized spacial score (nSPS) is 23.0. The Morgan fingerprint density at radius 1 is 1.23 bits per heavy atom. The van der Waals surface area contributed by atoms with Crippen LogP contribution in [0.3, 0.4) is 0 Å². The largest absolute Gasteiger partial charge is 0.393 e. The second kappa shape index (κ2) is 6.92. The highest BCUT2D eigenvalue weighted by atomic mass is 32.1. The molecule has 8 heteroatoms. The fourth-order valence-electron chi connectivity index (χ4n) is 3.48. The Balaban J connectivity index is 1.57. The van der Waals surface area contributed by atoms with E-state index in [1.54, 1.807) is 23.8 Å². The standard InChI is InChI=1S/C18H22N4O3S/c1-10-8-9-22(12-4-6-13(23)7-5-12)17(25)14(10)15(24)19-18-21-20-16(26-18)11-2-3-11/h8-9,11-13,23H,2-7H2,1H3,(H,19,21,24). The predicted molar refractivity (Wildman–Crippen MR) is 98.8 cm³/mol. The summed E-state index contributed by atoms with van der Waals surface area (Å²) in [5.74, 6) is 0.0479. The first kappa shape index (κ1) is 17.4. The minimum Gasteiger partial charge on any atom is -0.393 e. The van der Waals surface area contributed by atoms with Gasteiger partial charge in [-0.1, -0.05) is 11.3 Å². The van der Waals surface area contributed by atoms with Crippen molar-refractivity contribution >= 4 is 22.4 Å². The number of hydrogen-bond acceptors (Lipinski definition) is 6. The van der Waals surface area contributed by atoms with Crippen molar-refractivity contribution in [3.63, 3.8) is 0 Å². The molecule has 138 valence electrons. The van der Waals surface area contributed by atoms with Crippen molar-refractivity contribution in [2.24, 2.45) is 0 Å². The number of aromatic nitrogens is 3. The van der Waals surface area contributed by atoms with Crippen molar-refractivity contribution in [1.29, 1.82) is 0 Å². The molecule has 7 nitrogen and oxygen atoms in total. The minimum atomic E-state index is -0.434. The maximum atomic E-state index is 12.9. The highest BCUT2D eigenvalue weighted by Crippen LogP contribution is 2.42. The van der Waals surface area contributed by atoms with Gasteiger partial charge in [0.15, 0.2) is 0 Å². The van der Waals surface area contributed by atoms with Gasteiger partial charge in [0.05, 0.1) is 6.10 Å². The lowest BCUT2D eigenvalue weighted by molar-refractivity contribution is 0.101. The third-order valence-electron chi connectivity index (χ3n) is 5.20. The maximum Gasteiger partial charge on any atom is 0.263 e. The second-order valence-electron chi connectivity index (χ2n) is 7.22. The van der Waals surface area contributed by atoms with Crippen LogP contribution in [0.5, 0.6) is 0 Å². The zero-order valence-corrected chi connectivity index (χ0v) is 15.5. The zero-order valence-electron chi connectivity index (χ0n) is 14.6. The van der Waals surface area contributed by atoms with E-state index in [2.05, 4.69) is 15.5 Å². The molecular formula is C18H22N4O3S. The van der Waals surface area contributed by atoms with Crippen LogP contribution in [-0.4, -0.2) is 31.9 Å². The number of nitrogens with zero attached hydrogens (tertiary/aromatic N) is 3. The van der Waals surface area contributed by atoms with Gasteiger partial charge in [0, 0.05) is 18.2 Å². The van der Waals surface area contributed by atoms with E-state index in [-0.39, 0.29) is 23.3 Å². The predicted octanol–water partition coefficient (Wildman–Crippen LogP) is 2.61. The van der Waals surface area contributed by atoms with Crippen LogP contribution in [0.1, 0.15) is 71.4 Å². The molecule has 0 aromatic carbocycles. The Hall–Kier alpha value is -2.06. The number of carbonyl (C=O) groups excluding carboxylic acids is 1. The molecule has 2 fully saturated rings. The molecule has 4 rings (SSSR count). The summed E-state index contributed by atoms with van der Waals surface area (Å²) in [7, 11) is 0. The Kier molecular flexibility index (Phi) is 4.62. The number of amides is 1. The summed E-state index contributed by atoms with van der Waals surface area (Å²) >= 11 is 1.38. The topological polar surface area (TPSA) is 97.1 Å². The molecular weight excluding hydrogens is 352 g/mol. The molecule has 2 aliphatic rings. The average Bonchev–Trinajstić information content (AvgIpc) is 3.36. The lowest BCUT2D eigenvalue weighted by atomic mass is 9.92. The first-order chi connectivity index (χ1) is 12.5. The van der Waals surface area contributed by atoms with Crippen LogP contribution in [0.25, 0.3) is 0 Å². The first-order valence-electron chi connectivity index (χ1n) is 9.07. The monoisotopic (exact) mass is 374 g/mol. The van der Waals surface area contributed by atoms with Crippen molar-refractivity contribution in [1.82, 2.24) is 14.8 Å². The summed E-state index contributed by atoms with van der Waals surface area (Å²) < 4.78 is 1.64. The van der Waals surface area contributed by atoms with Crippen molar-refractivity contribution < 1.29 is 9.90 Å². The van der Waals surface area contributed by atoms with Crippen molar-refractivity contribution in [2.45, 2.75) is 63.5 Å². The molecule has 26 heavy (non-hydrogen) atoms. The molecule has 0 spiro atoms. The van der Waals surface area contributed by atoms with Crippen LogP contribution in [-0.2, 0) is 0 Å². The van der Waals surface area contributed by atoms with Gasteiger partial charge >= 0.3 is 0 Å². The third kappa shape index (κ3) is 3.43. The summed E-state index contributed by atoms with van der Waals surface area (Å²) in [6, 6.07) is 1.83. The molecule has 0 unspecified atom stereocenters. The first-order valence-corrected chi connectivity index (χ1v) is 9.89. The van der Waals surface area contributed by atoms with Gasteiger partial charge in [-0.15, -0.1) is 10.2 Å². The van der Waals surface area contributed by atoms with Crippen LogP contribution in [0.2, 0.25) is 0 Å². The number of anilines is 1. The fourth-order valence-corrected chi connectivity index (χ4v) is 4.39. The number of hydrogen-bond donors (Lipinski definition) is 2. The quantitative estimate of drug-likeness (QED) is 0.857. The lowest BCUT2D eigenvalue weighted by Crippen LogP contribution is -2.34. The number of rotatable bonds is 4. The van der Waals surface area contributed by atoms with Gasteiger partial charge in [0.2, 0.25) is 5.13 Å². The van der Waals surface area contributed by atoms with Crippen molar-refractivity contribution in [3.05, 3.63) is 38.8 Å². The Morgan fingerprint density at radius 3 is 2.65 bits per heavy atom. The number of nitrogens with one attached hydrogen (secondary N) is 1. The number of carbonyl (C=O) groups is 1. The summed E-state index contributed by atoms with van der Waals surface area (Å²) in [6.45, 7) is 1.76. The van der Waals surface area contributed by atoms with Crippen LogP contribution in [0, 0.1) is 6.92 Å². The molecule has 0 radical (unpaired) electrons. The molecule has 2 aromatic rings. The second-order valence-corrected chi connectivity index (χ2v) is 8.23. The third-order valence-corrected chi connectivity index (χ3v) is 6.20. The van der Waals surface area contributed by atoms with E-state index in [4.69, 9.17) is 0 Å². The van der Waals surface area contributed by atoms with Crippen molar-refractivity contribution in [3.8, 4) is 0 Å². The molecule has 2 aliphatic carbocycles. The molecule has 0 aliphatic heterocycles. The summed E-state index contributed by atoms with van der Waals surface area (Å²) in [4.78, 5) is 25.6. The fraction of sp³-hybridized carbons (Fsp3) is 0.556. The van der Waals surface area contributed by atoms with Crippen LogP contribution < -0.4 is 10.9 Å². The van der Waals surface area contributed by atoms with Gasteiger partial charge in [-0.25, -0.2) is 0 Å². The molecule has 2 aromatic heterocycles. The van der Waals surface area contributed by atoms with E-state index in [0.29, 0.717) is 29.5 Å². The molecule has 0 saturated heterocycles. The van der Waals surface area contributed by atoms with Gasteiger partial charge in [-0.3, -0.25) is 14.9 Å². The minimum absolute atomic E-state index is 0.0287. The number of aliphatic hydroxyl groups excluding tert-OH is 1. The van der Waals surface area contributed by atoms with E-state index in [1.165, 1.54) is 11.3 Å². The Labute approximate surface area is 155 Å². The molecule has 0 bridgehead atoms. The van der Waals surface area contributed by atoms with E-state index in [1.807, 2.05) is 0 Å². The molecule has 2 heterocycles. The van der Waals surface area contributed by atoms with Gasteiger partial charge in [0.25, 0.3) is 11.5 Å². The van der Waals surface area contributed by atoms with E-state index >= 15 is 0 Å².